The predicted molar refractivity (Wildman–Crippen MR) is 385 cm³/mol. The standard InChI is InChI=1S/C77H73Cl2N7O21/c1-77(2,3)107-74(99)80-27-13-12-20-53(81-75(100)104-37-50-46-18-10-8-16-44(46)45-17-9-11-19-47(45)50)68(92)83-63-42-32-59(105-57-25-21-39(28-51(57)78)29-54(72(96)97)82-76(101)103-36-38-14-6-5-7-15-38)67(91)60(33-42)106-58-26-23-41(31-52(58)79)66(90)65-71(95)85-64(73(98)102-4)49-34-43(87)35-56(89)61(49)48-30-40(22-24-55(48)88)62(69(93)86-65)84-70(63)94/h5-11,14-19,21-26,28,30-35,50,53-54,62-66,87-91H,12-13,20,27,29,36-37H2,1-4H3,(H,80,99)(H,81,100)(H,82,101)(H,83,92)(H,84,94)(H,85,95)(H,86,93)(H,96,97)/t53-,54+,62+,63+,64+,65-,66+/m0/s1. The summed E-state index contributed by atoms with van der Waals surface area (Å²) in [6, 6.07) is 27.3. The Bertz CT molecular complexity index is 4740. The summed E-state index contributed by atoms with van der Waals surface area (Å²) in [4.78, 5) is 128. The maximum absolute atomic E-state index is 16.0. The number of fused-ring (bicyclic) bond motifs is 11. The van der Waals surface area contributed by atoms with Gasteiger partial charge in [0.1, 0.15) is 83.9 Å². The molecule has 0 saturated carbocycles. The van der Waals surface area contributed by atoms with Crippen molar-refractivity contribution in [3.63, 3.8) is 0 Å². The van der Waals surface area contributed by atoms with Gasteiger partial charge in [0.2, 0.25) is 29.4 Å². The van der Waals surface area contributed by atoms with Crippen LogP contribution >= 0.6 is 23.2 Å². The molecule has 28 nitrogen and oxygen atoms in total. The van der Waals surface area contributed by atoms with E-state index >= 15 is 14.4 Å². The van der Waals surface area contributed by atoms with Crippen molar-refractivity contribution in [3.05, 3.63) is 212 Å². The molecule has 3 aliphatic heterocycles. The van der Waals surface area contributed by atoms with Crippen LogP contribution in [0.25, 0.3) is 22.3 Å². The van der Waals surface area contributed by atoms with Crippen molar-refractivity contribution in [2.24, 2.45) is 0 Å². The van der Waals surface area contributed by atoms with Gasteiger partial charge in [0, 0.05) is 41.6 Å². The zero-order valence-electron chi connectivity index (χ0n) is 57.6. The number of phenolic OH excluding ortho intramolecular Hbond substituents is 4. The molecule has 8 aromatic carbocycles. The van der Waals surface area contributed by atoms with Crippen LogP contribution in [0, 0.1) is 0 Å². The molecule has 3 heterocycles. The minimum atomic E-state index is -2.16. The number of esters is 1. The first kappa shape index (κ1) is 75.9. The summed E-state index contributed by atoms with van der Waals surface area (Å²) in [7, 11) is 0.968. The van der Waals surface area contributed by atoms with Gasteiger partial charge < -0.3 is 96.3 Å². The summed E-state index contributed by atoms with van der Waals surface area (Å²) in [5.41, 5.74) is 1.79. The fourth-order valence-electron chi connectivity index (χ4n) is 12.6. The number of amides is 7. The first-order valence-corrected chi connectivity index (χ1v) is 34.3. The number of unbranched alkanes of at least 4 members (excludes halogenated alkanes) is 1. The number of rotatable bonds is 19. The molecule has 0 saturated heterocycles. The summed E-state index contributed by atoms with van der Waals surface area (Å²) in [6.07, 6.45) is -5.20. The summed E-state index contributed by atoms with van der Waals surface area (Å²) >= 11 is 13.8. The van der Waals surface area contributed by atoms with E-state index in [4.69, 9.17) is 51.6 Å². The highest BCUT2D eigenvalue weighted by Gasteiger charge is 2.41. The minimum absolute atomic E-state index is 0.0331. The van der Waals surface area contributed by atoms with Crippen molar-refractivity contribution in [3.8, 4) is 68.2 Å². The summed E-state index contributed by atoms with van der Waals surface area (Å²) in [6.45, 7) is 4.72. The number of hydrogen-bond acceptors (Lipinski definition) is 20. The number of hydrogen-bond donors (Lipinski definition) is 13. The normalized spacial score (nSPS) is 17.2. The number of aliphatic hydroxyl groups excluding tert-OH is 1. The van der Waals surface area contributed by atoms with Gasteiger partial charge in [-0.15, -0.1) is 0 Å². The Morgan fingerprint density at radius 2 is 1.29 bits per heavy atom. The van der Waals surface area contributed by atoms with Crippen LogP contribution < -0.4 is 46.7 Å². The van der Waals surface area contributed by atoms with Crippen LogP contribution in [0.3, 0.4) is 0 Å². The molecule has 7 amide bonds. The molecule has 0 radical (unpaired) electrons. The van der Waals surface area contributed by atoms with E-state index in [1.165, 1.54) is 36.4 Å². The number of nitrogens with one attached hydrogen (secondary N) is 7. The largest absolute Gasteiger partial charge is 0.508 e. The van der Waals surface area contributed by atoms with Crippen molar-refractivity contribution in [2.45, 2.75) is 107 Å². The fraction of sp³-hybridized carbons (Fsp3) is 0.260. The van der Waals surface area contributed by atoms with Crippen LogP contribution in [0.15, 0.2) is 158 Å². The topological polar surface area (TPSA) is 415 Å². The van der Waals surface area contributed by atoms with Gasteiger partial charge in [0.25, 0.3) is 0 Å². The van der Waals surface area contributed by atoms with Gasteiger partial charge >= 0.3 is 30.2 Å². The van der Waals surface area contributed by atoms with Crippen molar-refractivity contribution < 1.29 is 102 Å². The zero-order chi connectivity index (χ0) is 76.5. The van der Waals surface area contributed by atoms with E-state index in [0.29, 0.717) is 5.56 Å². The molecule has 0 aromatic heterocycles. The number of carboxylic acids is 1. The molecule has 8 aromatic rings. The number of benzene rings is 8. The van der Waals surface area contributed by atoms with Gasteiger partial charge in [0.15, 0.2) is 17.5 Å². The smallest absolute Gasteiger partial charge is 0.408 e. The number of phenols is 4. The molecular formula is C77H73Cl2N7O21. The number of alkyl carbamates (subject to hydrolysis) is 3. The number of carboxylic acid groups (broad SMARTS) is 1. The Labute approximate surface area is 621 Å². The average Bonchev–Trinajstić information content (AvgIpc) is 1.76. The molecule has 0 fully saturated rings. The predicted octanol–water partition coefficient (Wildman–Crippen LogP) is 10.5. The highest BCUT2D eigenvalue weighted by Crippen LogP contribution is 2.49. The lowest BCUT2D eigenvalue weighted by molar-refractivity contribution is -0.146. The molecule has 8 bridgehead atoms. The molecule has 556 valence electrons. The van der Waals surface area contributed by atoms with Crippen LogP contribution in [0.5, 0.6) is 46.0 Å². The molecule has 4 aliphatic rings. The van der Waals surface area contributed by atoms with E-state index in [-0.39, 0.29) is 100 Å². The quantitative estimate of drug-likeness (QED) is 0.0203. The maximum atomic E-state index is 16.0. The second kappa shape index (κ2) is 32.8. The van der Waals surface area contributed by atoms with E-state index in [9.17, 15) is 59.4 Å². The molecule has 107 heavy (non-hydrogen) atoms. The van der Waals surface area contributed by atoms with E-state index in [2.05, 4.69) is 37.2 Å². The van der Waals surface area contributed by atoms with Crippen molar-refractivity contribution in [1.82, 2.24) is 37.2 Å². The van der Waals surface area contributed by atoms with Gasteiger partial charge in [-0.1, -0.05) is 120 Å². The van der Waals surface area contributed by atoms with Gasteiger partial charge in [0.05, 0.1) is 17.2 Å². The summed E-state index contributed by atoms with van der Waals surface area (Å²) in [5.74, 6) is -12.5. The fourth-order valence-corrected chi connectivity index (χ4v) is 13.0. The monoisotopic (exact) mass is 1500 g/mol. The lowest BCUT2D eigenvalue weighted by atomic mass is 9.89. The van der Waals surface area contributed by atoms with E-state index in [0.717, 1.165) is 71.8 Å². The van der Waals surface area contributed by atoms with Crippen molar-refractivity contribution in [2.75, 3.05) is 20.3 Å². The van der Waals surface area contributed by atoms with Crippen LogP contribution in [-0.4, -0.2) is 128 Å². The number of aromatic hydroxyl groups is 4. The third-order valence-electron chi connectivity index (χ3n) is 17.7. The second-order valence-electron chi connectivity index (χ2n) is 26.3. The van der Waals surface area contributed by atoms with Crippen molar-refractivity contribution in [1.29, 1.82) is 0 Å². The SMILES string of the molecule is COC(=O)[C@@H]1NC(=O)[C@H]2NC(=O)[C@H](NC(=O)[C@H](NC(=O)[C@H](CCCCNC(=O)OC(C)(C)C)NC(=O)OCC3c4ccccc4-c4ccccc43)c3cc(Oc4ccc(C[C@@H](NC(=O)OCc5ccccc5)C(=O)O)cc4Cl)c(O)c(c3)Oc3ccc(cc3Cl)[C@H]2O)c2ccc(O)c(c2)-c2c(O)cc(O)cc21. The van der Waals surface area contributed by atoms with Gasteiger partial charge in [-0.25, -0.2) is 24.0 Å². The summed E-state index contributed by atoms with van der Waals surface area (Å²) < 4.78 is 34.3. The average molecular weight is 1500 g/mol. The van der Waals surface area contributed by atoms with Crippen LogP contribution in [-0.2, 0) is 60.7 Å². The third kappa shape index (κ3) is 17.9. The van der Waals surface area contributed by atoms with E-state index < -0.39 is 148 Å². The molecule has 1 aliphatic carbocycles. The lowest BCUT2D eigenvalue weighted by Crippen LogP contribution is -2.55. The Hall–Kier alpha value is -12.3. The molecule has 12 rings (SSSR count). The Balaban J connectivity index is 1.01. The van der Waals surface area contributed by atoms with Crippen LogP contribution in [0.1, 0.15) is 115 Å². The molecule has 30 heteroatoms. The van der Waals surface area contributed by atoms with E-state index in [1.54, 1.807) is 51.1 Å². The first-order chi connectivity index (χ1) is 51.1. The number of methoxy groups -OCH3 is 1. The second-order valence-corrected chi connectivity index (χ2v) is 27.1. The summed E-state index contributed by atoms with van der Waals surface area (Å²) in [5, 5.41) is 86.4. The number of ether oxygens (including phenoxy) is 6. The molecule has 13 N–H and O–H groups in total. The number of carbonyl (C=O) groups is 9. The van der Waals surface area contributed by atoms with Gasteiger partial charge in [-0.2, -0.15) is 0 Å². The maximum Gasteiger partial charge on any atom is 0.408 e. The van der Waals surface area contributed by atoms with Crippen molar-refractivity contribution >= 4 is 77.0 Å². The minimum Gasteiger partial charge on any atom is -0.508 e. The Morgan fingerprint density at radius 3 is 1.97 bits per heavy atom. The van der Waals surface area contributed by atoms with Gasteiger partial charge in [-0.3, -0.25) is 19.2 Å². The molecular weight excluding hydrogens is 1430 g/mol. The first-order valence-electron chi connectivity index (χ1n) is 33.6. The van der Waals surface area contributed by atoms with Crippen LogP contribution in [0.4, 0.5) is 14.4 Å². The number of aliphatic hydroxyl groups is 1. The highest BCUT2D eigenvalue weighted by atomic mass is 35.5. The molecule has 0 spiro atoms. The Kier molecular flexibility index (Phi) is 23.3. The Morgan fingerprint density at radius 1 is 0.607 bits per heavy atom. The van der Waals surface area contributed by atoms with Gasteiger partial charge in [-0.05, 0) is 145 Å². The highest BCUT2D eigenvalue weighted by molar-refractivity contribution is 6.32. The number of halogens is 2. The number of aliphatic carboxylic acids is 1. The van der Waals surface area contributed by atoms with E-state index in [1.807, 2.05) is 48.5 Å². The zero-order valence-corrected chi connectivity index (χ0v) is 59.2. The third-order valence-corrected chi connectivity index (χ3v) is 18.3. The van der Waals surface area contributed by atoms with Crippen LogP contribution in [0.2, 0.25) is 10.0 Å². The number of carbonyl (C=O) groups excluding carboxylic acids is 8. The molecule has 0 unspecified atom stereocenters. The molecule has 7 atom stereocenters. The lowest BCUT2D eigenvalue weighted by Gasteiger charge is -2.31.